The average Bonchev–Trinajstić information content (AvgIpc) is 1.97. The molecular formula is C7H14ClN2O. The molecule has 0 aromatic heterocycles. The Hall–Kier alpha value is -0.440. The number of amides is 2. The van der Waals surface area contributed by atoms with E-state index in [4.69, 9.17) is 17.3 Å². The summed E-state index contributed by atoms with van der Waals surface area (Å²) in [4.78, 5) is 10.2. The molecule has 4 heteroatoms. The maximum atomic E-state index is 10.2. The van der Waals surface area contributed by atoms with Crippen LogP contribution in [0, 0.1) is 6.92 Å². The fraction of sp³-hybridized carbons (Fsp3) is 0.714. The summed E-state index contributed by atoms with van der Waals surface area (Å²) in [5.74, 6) is 0. The molecule has 0 heterocycles. The van der Waals surface area contributed by atoms with Crippen molar-refractivity contribution in [1.29, 1.82) is 0 Å². The zero-order valence-corrected chi connectivity index (χ0v) is 7.23. The number of urea groups is 1. The standard InChI is InChI=1S/C7H14ClN2O/c1-2-6(8)4-3-5-10-7(9)11/h6H,1-5H2,(H3,9,10,11). The number of nitrogens with one attached hydrogen (secondary N) is 1. The summed E-state index contributed by atoms with van der Waals surface area (Å²) in [6.07, 6.45) is 2.44. The Kier molecular flexibility index (Phi) is 6.03. The number of nitrogens with two attached hydrogens (primary N) is 1. The summed E-state index contributed by atoms with van der Waals surface area (Å²) >= 11 is 5.77. The highest BCUT2D eigenvalue weighted by Gasteiger charge is 2.00. The molecule has 0 aromatic rings. The first-order valence-electron chi connectivity index (χ1n) is 3.63. The molecule has 0 aliphatic rings. The van der Waals surface area contributed by atoms with Gasteiger partial charge in [0.1, 0.15) is 0 Å². The Bertz CT molecular complexity index is 119. The molecule has 2 amide bonds. The van der Waals surface area contributed by atoms with Crippen molar-refractivity contribution in [2.45, 2.75) is 24.6 Å². The fourth-order valence-corrected chi connectivity index (χ4v) is 0.834. The van der Waals surface area contributed by atoms with E-state index in [-0.39, 0.29) is 5.38 Å². The Morgan fingerprint density at radius 3 is 2.82 bits per heavy atom. The van der Waals surface area contributed by atoms with E-state index >= 15 is 0 Å². The first-order valence-corrected chi connectivity index (χ1v) is 4.07. The van der Waals surface area contributed by atoms with E-state index in [9.17, 15) is 4.79 Å². The number of primary amides is 1. The van der Waals surface area contributed by atoms with Gasteiger partial charge in [-0.25, -0.2) is 4.79 Å². The summed E-state index contributed by atoms with van der Waals surface area (Å²) in [6, 6.07) is -0.481. The molecule has 0 aromatic carbocycles. The van der Waals surface area contributed by atoms with Gasteiger partial charge in [-0.3, -0.25) is 0 Å². The number of halogens is 1. The second-order valence-corrected chi connectivity index (χ2v) is 2.94. The quantitative estimate of drug-likeness (QED) is 0.482. The Morgan fingerprint density at radius 2 is 2.36 bits per heavy atom. The molecule has 3 N–H and O–H groups in total. The van der Waals surface area contributed by atoms with Crippen LogP contribution in [0.1, 0.15) is 19.3 Å². The maximum Gasteiger partial charge on any atom is 0.312 e. The summed E-state index contributed by atoms with van der Waals surface area (Å²) in [5.41, 5.74) is 4.85. The summed E-state index contributed by atoms with van der Waals surface area (Å²) < 4.78 is 0. The third-order valence-corrected chi connectivity index (χ3v) is 1.74. The van der Waals surface area contributed by atoms with Crippen LogP contribution in [0.15, 0.2) is 0 Å². The smallest absolute Gasteiger partial charge is 0.312 e. The molecule has 3 nitrogen and oxygen atoms in total. The first-order chi connectivity index (χ1) is 5.16. The molecule has 0 bridgehead atoms. The number of carbonyl (C=O) groups is 1. The number of hydrogen-bond donors (Lipinski definition) is 2. The maximum absolute atomic E-state index is 10.2. The number of carbonyl (C=O) groups excluding carboxylic acids is 1. The number of hydrogen-bond acceptors (Lipinski definition) is 1. The minimum Gasteiger partial charge on any atom is -0.352 e. The van der Waals surface area contributed by atoms with Crippen molar-refractivity contribution in [3.63, 3.8) is 0 Å². The SMILES string of the molecule is [CH2]CC(Cl)CCCNC(N)=O. The molecular weight excluding hydrogens is 164 g/mol. The fourth-order valence-electron chi connectivity index (χ4n) is 0.679. The third-order valence-electron chi connectivity index (χ3n) is 1.31. The Morgan fingerprint density at radius 1 is 1.73 bits per heavy atom. The second-order valence-electron chi connectivity index (χ2n) is 2.32. The highest BCUT2D eigenvalue weighted by atomic mass is 35.5. The van der Waals surface area contributed by atoms with Crippen LogP contribution in [-0.4, -0.2) is 18.0 Å². The van der Waals surface area contributed by atoms with E-state index in [1.807, 2.05) is 0 Å². The molecule has 11 heavy (non-hydrogen) atoms. The van der Waals surface area contributed by atoms with Crippen molar-refractivity contribution in [3.8, 4) is 0 Å². The monoisotopic (exact) mass is 177 g/mol. The lowest BCUT2D eigenvalue weighted by Crippen LogP contribution is -2.30. The molecule has 0 fully saturated rings. The number of alkyl halides is 1. The predicted molar refractivity (Wildman–Crippen MR) is 46.4 cm³/mol. The van der Waals surface area contributed by atoms with Gasteiger partial charge >= 0.3 is 6.03 Å². The molecule has 0 aliphatic heterocycles. The van der Waals surface area contributed by atoms with Gasteiger partial charge in [-0.2, -0.15) is 0 Å². The van der Waals surface area contributed by atoms with E-state index in [0.717, 1.165) is 19.3 Å². The van der Waals surface area contributed by atoms with E-state index in [1.54, 1.807) is 0 Å². The Balaban J connectivity index is 3.08. The van der Waals surface area contributed by atoms with Gasteiger partial charge in [-0.05, 0) is 19.3 Å². The second kappa shape index (κ2) is 6.28. The minimum absolute atomic E-state index is 0.115. The molecule has 0 saturated carbocycles. The van der Waals surface area contributed by atoms with Crippen LogP contribution in [0.2, 0.25) is 0 Å². The van der Waals surface area contributed by atoms with E-state index in [2.05, 4.69) is 12.2 Å². The highest BCUT2D eigenvalue weighted by Crippen LogP contribution is 2.07. The van der Waals surface area contributed by atoms with Gasteiger partial charge in [0.25, 0.3) is 0 Å². The van der Waals surface area contributed by atoms with Crippen molar-refractivity contribution < 1.29 is 4.79 Å². The minimum atomic E-state index is -0.481. The first kappa shape index (κ1) is 10.6. The third kappa shape index (κ3) is 7.46. The van der Waals surface area contributed by atoms with Gasteiger partial charge in [-0.15, -0.1) is 11.6 Å². The largest absolute Gasteiger partial charge is 0.352 e. The zero-order valence-electron chi connectivity index (χ0n) is 6.48. The van der Waals surface area contributed by atoms with Crippen LogP contribution < -0.4 is 11.1 Å². The van der Waals surface area contributed by atoms with Gasteiger partial charge in [0.05, 0.1) is 0 Å². The molecule has 1 atom stereocenters. The van der Waals surface area contributed by atoms with Crippen LogP contribution in [0.3, 0.4) is 0 Å². The van der Waals surface area contributed by atoms with Crippen LogP contribution in [-0.2, 0) is 0 Å². The van der Waals surface area contributed by atoms with Crippen molar-refractivity contribution in [2.75, 3.05) is 6.54 Å². The van der Waals surface area contributed by atoms with E-state index in [0.29, 0.717) is 6.54 Å². The molecule has 1 radical (unpaired) electrons. The predicted octanol–water partition coefficient (Wildman–Crippen LogP) is 1.27. The molecule has 0 rings (SSSR count). The number of rotatable bonds is 5. The average molecular weight is 178 g/mol. The lowest BCUT2D eigenvalue weighted by atomic mass is 10.2. The summed E-state index contributed by atoms with van der Waals surface area (Å²) in [5, 5.41) is 2.60. The van der Waals surface area contributed by atoms with Crippen LogP contribution in [0.25, 0.3) is 0 Å². The topological polar surface area (TPSA) is 55.1 Å². The highest BCUT2D eigenvalue weighted by molar-refractivity contribution is 6.20. The zero-order chi connectivity index (χ0) is 8.69. The van der Waals surface area contributed by atoms with Crippen LogP contribution in [0.5, 0.6) is 0 Å². The van der Waals surface area contributed by atoms with Crippen molar-refractivity contribution >= 4 is 17.6 Å². The van der Waals surface area contributed by atoms with E-state index < -0.39 is 6.03 Å². The summed E-state index contributed by atoms with van der Waals surface area (Å²) in [7, 11) is 0. The molecule has 65 valence electrons. The normalized spacial score (nSPS) is 12.5. The molecule has 0 saturated heterocycles. The van der Waals surface area contributed by atoms with Crippen LogP contribution >= 0.6 is 11.6 Å². The van der Waals surface area contributed by atoms with Crippen molar-refractivity contribution in [2.24, 2.45) is 5.73 Å². The molecule has 0 spiro atoms. The van der Waals surface area contributed by atoms with E-state index in [1.165, 1.54) is 0 Å². The molecule has 1 unspecified atom stereocenters. The van der Waals surface area contributed by atoms with Gasteiger partial charge in [-0.1, -0.05) is 6.92 Å². The van der Waals surface area contributed by atoms with Crippen LogP contribution in [0.4, 0.5) is 4.79 Å². The van der Waals surface area contributed by atoms with Crippen molar-refractivity contribution in [1.82, 2.24) is 5.32 Å². The molecule has 0 aliphatic carbocycles. The van der Waals surface area contributed by atoms with Gasteiger partial charge < -0.3 is 11.1 Å². The van der Waals surface area contributed by atoms with Gasteiger partial charge in [0.2, 0.25) is 0 Å². The van der Waals surface area contributed by atoms with Crippen molar-refractivity contribution in [3.05, 3.63) is 6.92 Å². The lowest BCUT2D eigenvalue weighted by molar-refractivity contribution is 0.248. The lowest BCUT2D eigenvalue weighted by Gasteiger charge is -2.05. The summed E-state index contributed by atoms with van der Waals surface area (Å²) in [6.45, 7) is 4.25. The van der Waals surface area contributed by atoms with Gasteiger partial charge in [0, 0.05) is 11.9 Å². The Labute approximate surface area is 72.3 Å². The van der Waals surface area contributed by atoms with Gasteiger partial charge in [0.15, 0.2) is 0 Å².